The number of phenolic OH excluding ortho intramolecular Hbond substituents is 1. The van der Waals surface area contributed by atoms with Gasteiger partial charge < -0.3 is 9.84 Å². The van der Waals surface area contributed by atoms with Crippen LogP contribution < -0.4 is 4.74 Å². The second kappa shape index (κ2) is 5.13. The molecule has 0 amide bonds. The normalized spacial score (nSPS) is 11.4. The van der Waals surface area contributed by atoms with Gasteiger partial charge in [0.05, 0.1) is 10.0 Å². The van der Waals surface area contributed by atoms with Gasteiger partial charge in [-0.2, -0.15) is 13.2 Å². The summed E-state index contributed by atoms with van der Waals surface area (Å²) in [5.74, 6) is 0.583. The van der Waals surface area contributed by atoms with E-state index in [9.17, 15) is 18.3 Å². The minimum Gasteiger partial charge on any atom is -0.508 e. The molecule has 6 heteroatoms. The van der Waals surface area contributed by atoms with Gasteiger partial charge in [0.15, 0.2) is 0 Å². The molecule has 100 valence electrons. The lowest BCUT2D eigenvalue weighted by atomic mass is 10.2. The standard InChI is InChI=1S/C13H8BrF3O2/c14-11-6-8(13(15,16)17)4-5-12(11)19-10-3-1-2-9(18)7-10/h1-7,18H. The summed E-state index contributed by atoms with van der Waals surface area (Å²) in [4.78, 5) is 0. The summed E-state index contributed by atoms with van der Waals surface area (Å²) in [6, 6.07) is 9.09. The van der Waals surface area contributed by atoms with Gasteiger partial charge in [0, 0.05) is 6.07 Å². The number of hydrogen-bond acceptors (Lipinski definition) is 2. The maximum absolute atomic E-state index is 12.5. The summed E-state index contributed by atoms with van der Waals surface area (Å²) in [6.45, 7) is 0. The maximum atomic E-state index is 12.5. The SMILES string of the molecule is Oc1cccc(Oc2ccc(C(F)(F)F)cc2Br)c1. The molecule has 0 fully saturated rings. The highest BCUT2D eigenvalue weighted by Crippen LogP contribution is 2.36. The smallest absolute Gasteiger partial charge is 0.416 e. The predicted octanol–water partition coefficient (Wildman–Crippen LogP) is 4.97. The summed E-state index contributed by atoms with van der Waals surface area (Å²) < 4.78 is 43.0. The summed E-state index contributed by atoms with van der Waals surface area (Å²) in [7, 11) is 0. The molecule has 0 atom stereocenters. The van der Waals surface area contributed by atoms with Crippen LogP contribution in [-0.4, -0.2) is 5.11 Å². The maximum Gasteiger partial charge on any atom is 0.416 e. The van der Waals surface area contributed by atoms with Crippen LogP contribution in [0.2, 0.25) is 0 Å². The molecule has 0 saturated heterocycles. The number of halogens is 4. The molecule has 2 aromatic rings. The molecule has 0 saturated carbocycles. The van der Waals surface area contributed by atoms with E-state index in [0.29, 0.717) is 5.75 Å². The Morgan fingerprint density at radius 3 is 2.37 bits per heavy atom. The molecule has 0 unspecified atom stereocenters. The zero-order chi connectivity index (χ0) is 14.0. The fourth-order valence-electron chi connectivity index (χ4n) is 1.43. The quantitative estimate of drug-likeness (QED) is 0.841. The molecule has 0 bridgehead atoms. The van der Waals surface area contributed by atoms with Crippen molar-refractivity contribution in [3.05, 3.63) is 52.5 Å². The highest BCUT2D eigenvalue weighted by atomic mass is 79.9. The van der Waals surface area contributed by atoms with Crippen LogP contribution in [0, 0.1) is 0 Å². The van der Waals surface area contributed by atoms with Crippen molar-refractivity contribution < 1.29 is 23.0 Å². The van der Waals surface area contributed by atoms with E-state index in [0.717, 1.165) is 12.1 Å². The van der Waals surface area contributed by atoms with Crippen molar-refractivity contribution in [3.8, 4) is 17.2 Å². The monoisotopic (exact) mass is 332 g/mol. The summed E-state index contributed by atoms with van der Waals surface area (Å²) >= 11 is 3.03. The van der Waals surface area contributed by atoms with Gasteiger partial charge in [-0.3, -0.25) is 0 Å². The van der Waals surface area contributed by atoms with Gasteiger partial charge in [0.25, 0.3) is 0 Å². The third-order valence-electron chi connectivity index (χ3n) is 2.30. The van der Waals surface area contributed by atoms with Crippen molar-refractivity contribution in [2.24, 2.45) is 0 Å². The number of ether oxygens (including phenoxy) is 1. The minimum absolute atomic E-state index is 0.0144. The minimum atomic E-state index is -4.40. The van der Waals surface area contributed by atoms with Gasteiger partial charge in [-0.1, -0.05) is 6.07 Å². The molecule has 0 heterocycles. The van der Waals surface area contributed by atoms with Gasteiger partial charge in [-0.15, -0.1) is 0 Å². The van der Waals surface area contributed by atoms with E-state index >= 15 is 0 Å². The third kappa shape index (κ3) is 3.41. The Balaban J connectivity index is 2.27. The molecule has 1 N–H and O–H groups in total. The van der Waals surface area contributed by atoms with Crippen molar-refractivity contribution in [3.63, 3.8) is 0 Å². The van der Waals surface area contributed by atoms with Crippen molar-refractivity contribution >= 4 is 15.9 Å². The van der Waals surface area contributed by atoms with Gasteiger partial charge in [-0.25, -0.2) is 0 Å². The van der Waals surface area contributed by atoms with Crippen LogP contribution in [-0.2, 0) is 6.18 Å². The van der Waals surface area contributed by atoms with Crippen LogP contribution in [0.5, 0.6) is 17.2 Å². The number of aromatic hydroxyl groups is 1. The van der Waals surface area contributed by atoms with Crippen LogP contribution in [0.3, 0.4) is 0 Å². The van der Waals surface area contributed by atoms with Gasteiger partial charge >= 0.3 is 6.18 Å². The van der Waals surface area contributed by atoms with E-state index in [-0.39, 0.29) is 16.0 Å². The second-order valence-corrected chi connectivity index (χ2v) is 4.60. The number of alkyl halides is 3. The molecule has 0 aliphatic heterocycles. The van der Waals surface area contributed by atoms with Crippen LogP contribution in [0.1, 0.15) is 5.56 Å². The fraction of sp³-hybridized carbons (Fsp3) is 0.0769. The van der Waals surface area contributed by atoms with E-state index in [4.69, 9.17) is 4.74 Å². The molecular weight excluding hydrogens is 325 g/mol. The van der Waals surface area contributed by atoms with Gasteiger partial charge in [0.2, 0.25) is 0 Å². The molecule has 0 radical (unpaired) electrons. The lowest BCUT2D eigenvalue weighted by Crippen LogP contribution is -2.04. The Labute approximate surface area is 115 Å². The average Bonchev–Trinajstić information content (AvgIpc) is 2.30. The van der Waals surface area contributed by atoms with Crippen molar-refractivity contribution in [2.75, 3.05) is 0 Å². The topological polar surface area (TPSA) is 29.5 Å². The van der Waals surface area contributed by atoms with E-state index in [2.05, 4.69) is 15.9 Å². The van der Waals surface area contributed by atoms with E-state index in [1.54, 1.807) is 12.1 Å². The van der Waals surface area contributed by atoms with Crippen LogP contribution in [0.15, 0.2) is 46.9 Å². The van der Waals surface area contributed by atoms with E-state index in [1.165, 1.54) is 18.2 Å². The summed E-state index contributed by atoms with van der Waals surface area (Å²) in [5, 5.41) is 9.27. The number of phenols is 1. The van der Waals surface area contributed by atoms with Crippen molar-refractivity contribution in [2.45, 2.75) is 6.18 Å². The lowest BCUT2D eigenvalue weighted by molar-refractivity contribution is -0.137. The Hall–Kier alpha value is -1.69. The Kier molecular flexibility index (Phi) is 3.71. The van der Waals surface area contributed by atoms with Gasteiger partial charge in [0.1, 0.15) is 17.2 Å². The summed E-state index contributed by atoms with van der Waals surface area (Å²) in [6.07, 6.45) is -4.40. The molecule has 2 rings (SSSR count). The molecular formula is C13H8BrF3O2. The molecule has 0 aliphatic rings. The van der Waals surface area contributed by atoms with E-state index in [1.807, 2.05) is 0 Å². The first kappa shape index (κ1) is 13.7. The molecule has 0 aromatic heterocycles. The Morgan fingerprint density at radius 2 is 1.79 bits per heavy atom. The Morgan fingerprint density at radius 1 is 1.05 bits per heavy atom. The van der Waals surface area contributed by atoms with Crippen LogP contribution in [0.4, 0.5) is 13.2 Å². The van der Waals surface area contributed by atoms with Gasteiger partial charge in [-0.05, 0) is 46.3 Å². The van der Waals surface area contributed by atoms with Crippen LogP contribution in [0.25, 0.3) is 0 Å². The Bertz CT molecular complexity index is 597. The number of benzene rings is 2. The lowest BCUT2D eigenvalue weighted by Gasteiger charge is -2.11. The molecule has 0 spiro atoms. The number of rotatable bonds is 2. The first-order valence-corrected chi connectivity index (χ1v) is 5.99. The largest absolute Gasteiger partial charge is 0.508 e. The third-order valence-corrected chi connectivity index (χ3v) is 2.92. The fourth-order valence-corrected chi connectivity index (χ4v) is 1.89. The molecule has 2 aromatic carbocycles. The highest BCUT2D eigenvalue weighted by molar-refractivity contribution is 9.10. The second-order valence-electron chi connectivity index (χ2n) is 3.74. The summed E-state index contributed by atoms with van der Waals surface area (Å²) in [5.41, 5.74) is -0.761. The first-order chi connectivity index (χ1) is 8.86. The first-order valence-electron chi connectivity index (χ1n) is 5.20. The molecule has 0 aliphatic carbocycles. The van der Waals surface area contributed by atoms with Crippen molar-refractivity contribution in [1.82, 2.24) is 0 Å². The van der Waals surface area contributed by atoms with E-state index < -0.39 is 11.7 Å². The molecule has 19 heavy (non-hydrogen) atoms. The highest BCUT2D eigenvalue weighted by Gasteiger charge is 2.31. The average molecular weight is 333 g/mol. The van der Waals surface area contributed by atoms with Crippen LogP contribution >= 0.6 is 15.9 Å². The predicted molar refractivity (Wildman–Crippen MR) is 67.3 cm³/mol. The zero-order valence-electron chi connectivity index (χ0n) is 9.41. The number of hydrogen-bond donors (Lipinski definition) is 1. The van der Waals surface area contributed by atoms with Crippen molar-refractivity contribution in [1.29, 1.82) is 0 Å². The molecule has 2 nitrogen and oxygen atoms in total. The zero-order valence-corrected chi connectivity index (χ0v) is 11.0.